The van der Waals surface area contributed by atoms with Gasteiger partial charge in [-0.15, -0.1) is 0 Å². The molecule has 2 heterocycles. The third-order valence-electron chi connectivity index (χ3n) is 3.24. The van der Waals surface area contributed by atoms with Crippen LogP contribution in [-0.2, 0) is 9.59 Å². The molecule has 134 valence electrons. The quantitative estimate of drug-likeness (QED) is 0.709. The first-order valence-corrected chi connectivity index (χ1v) is 7.97. The van der Waals surface area contributed by atoms with Crippen molar-refractivity contribution in [3.05, 3.63) is 33.9 Å². The van der Waals surface area contributed by atoms with Crippen molar-refractivity contribution in [2.75, 3.05) is 5.32 Å². The van der Waals surface area contributed by atoms with Gasteiger partial charge in [-0.3, -0.25) is 19.4 Å². The number of aromatic amines is 1. The van der Waals surface area contributed by atoms with E-state index in [1.807, 2.05) is 13.8 Å². The van der Waals surface area contributed by atoms with E-state index in [9.17, 15) is 14.4 Å². The summed E-state index contributed by atoms with van der Waals surface area (Å²) in [4.78, 5) is 42.6. The van der Waals surface area contributed by atoms with E-state index in [1.165, 1.54) is 10.7 Å². The number of H-pyrrole nitrogens is 1. The summed E-state index contributed by atoms with van der Waals surface area (Å²) in [5.41, 5.74) is 0.871. The molecule has 0 aromatic carbocycles. The molecule has 0 radical (unpaired) electrons. The first-order chi connectivity index (χ1) is 11.7. The maximum atomic E-state index is 12.0. The number of hydrogen-bond acceptors (Lipinski definition) is 5. The zero-order valence-corrected chi connectivity index (χ0v) is 14.9. The van der Waals surface area contributed by atoms with Crippen molar-refractivity contribution in [1.82, 2.24) is 25.1 Å². The van der Waals surface area contributed by atoms with Gasteiger partial charge in [0, 0.05) is 18.2 Å². The number of amides is 2. The number of anilines is 1. The Morgan fingerprint density at radius 2 is 1.84 bits per heavy atom. The fraction of sp³-hybridized carbons (Fsp3) is 0.438. The number of carbonyl (C=O) groups excluding carboxylic acids is 2. The van der Waals surface area contributed by atoms with Gasteiger partial charge in [0.05, 0.1) is 11.4 Å². The third kappa shape index (κ3) is 4.52. The second-order valence-electron chi connectivity index (χ2n) is 6.31. The Bertz CT molecular complexity index is 850. The molecule has 0 saturated carbocycles. The molecule has 3 N–H and O–H groups in total. The van der Waals surface area contributed by atoms with Crippen LogP contribution >= 0.6 is 0 Å². The van der Waals surface area contributed by atoms with Gasteiger partial charge in [0.2, 0.25) is 5.95 Å². The van der Waals surface area contributed by atoms with Gasteiger partial charge in [-0.05, 0) is 26.7 Å². The van der Waals surface area contributed by atoms with E-state index in [1.54, 1.807) is 26.8 Å². The van der Waals surface area contributed by atoms with Crippen LogP contribution < -0.4 is 16.2 Å². The first-order valence-electron chi connectivity index (χ1n) is 7.97. The number of nitrogens with one attached hydrogen (secondary N) is 3. The van der Waals surface area contributed by atoms with Gasteiger partial charge in [-0.25, -0.2) is 4.98 Å². The molecule has 2 aromatic heterocycles. The summed E-state index contributed by atoms with van der Waals surface area (Å²) >= 11 is 0. The third-order valence-corrected chi connectivity index (χ3v) is 3.24. The lowest BCUT2D eigenvalue weighted by atomic mass is 10.1. The van der Waals surface area contributed by atoms with E-state index in [0.29, 0.717) is 11.4 Å². The Hall–Kier alpha value is -2.97. The largest absolute Gasteiger partial charge is 0.346 e. The maximum Gasteiger partial charge on any atom is 0.314 e. The van der Waals surface area contributed by atoms with Crippen molar-refractivity contribution in [3.63, 3.8) is 0 Å². The van der Waals surface area contributed by atoms with Crippen LogP contribution in [-0.4, -0.2) is 37.6 Å². The number of aryl methyl sites for hydroxylation is 1. The molecular formula is C16H22N6O3. The van der Waals surface area contributed by atoms with Gasteiger partial charge in [0.15, 0.2) is 0 Å². The number of nitrogens with zero attached hydrogens (tertiary/aromatic N) is 3. The monoisotopic (exact) mass is 346 g/mol. The number of aromatic nitrogens is 4. The molecule has 0 fully saturated rings. The minimum atomic E-state index is -0.822. The highest BCUT2D eigenvalue weighted by molar-refractivity contribution is 6.39. The lowest BCUT2D eigenvalue weighted by Crippen LogP contribution is -2.39. The summed E-state index contributed by atoms with van der Waals surface area (Å²) < 4.78 is 1.29. The average molecular weight is 346 g/mol. The molecular weight excluding hydrogens is 324 g/mol. The van der Waals surface area contributed by atoms with E-state index in [4.69, 9.17) is 0 Å². The highest BCUT2D eigenvalue weighted by Gasteiger charge is 2.19. The van der Waals surface area contributed by atoms with Crippen molar-refractivity contribution in [3.8, 4) is 5.95 Å². The van der Waals surface area contributed by atoms with Crippen LogP contribution in [0.15, 0.2) is 16.9 Å². The number of hydrogen-bond donors (Lipinski definition) is 3. The Morgan fingerprint density at radius 3 is 2.44 bits per heavy atom. The van der Waals surface area contributed by atoms with Crippen LogP contribution in [0.1, 0.15) is 45.0 Å². The minimum absolute atomic E-state index is 0.0487. The SMILES string of the molecule is Cc1cc(NC(=O)C(=O)NC(C)C)n(-c2nc(C(C)C)cc(=O)[nH]2)n1. The van der Waals surface area contributed by atoms with E-state index >= 15 is 0 Å². The van der Waals surface area contributed by atoms with Crippen LogP contribution in [0.5, 0.6) is 0 Å². The first kappa shape index (κ1) is 18.4. The van der Waals surface area contributed by atoms with Crippen molar-refractivity contribution in [2.45, 2.75) is 46.6 Å². The Morgan fingerprint density at radius 1 is 1.16 bits per heavy atom. The summed E-state index contributed by atoms with van der Waals surface area (Å²) in [6.07, 6.45) is 0. The molecule has 0 aliphatic rings. The van der Waals surface area contributed by atoms with Gasteiger partial charge in [0.25, 0.3) is 5.56 Å². The lowest BCUT2D eigenvalue weighted by Gasteiger charge is -2.11. The van der Waals surface area contributed by atoms with Crippen LogP contribution in [0.3, 0.4) is 0 Å². The van der Waals surface area contributed by atoms with Gasteiger partial charge in [0.1, 0.15) is 5.82 Å². The maximum absolute atomic E-state index is 12.0. The van der Waals surface area contributed by atoms with Crippen molar-refractivity contribution >= 4 is 17.6 Å². The van der Waals surface area contributed by atoms with Crippen molar-refractivity contribution in [1.29, 1.82) is 0 Å². The molecule has 0 bridgehead atoms. The van der Waals surface area contributed by atoms with Crippen molar-refractivity contribution in [2.24, 2.45) is 0 Å². The zero-order chi connectivity index (χ0) is 18.7. The van der Waals surface area contributed by atoms with Gasteiger partial charge in [-0.1, -0.05) is 13.8 Å². The highest BCUT2D eigenvalue weighted by Crippen LogP contribution is 2.16. The van der Waals surface area contributed by atoms with Gasteiger partial charge < -0.3 is 10.6 Å². The van der Waals surface area contributed by atoms with E-state index in [2.05, 4.69) is 25.7 Å². The molecule has 0 aliphatic carbocycles. The van der Waals surface area contributed by atoms with Crippen LogP contribution in [0.25, 0.3) is 5.95 Å². The van der Waals surface area contributed by atoms with Crippen molar-refractivity contribution < 1.29 is 9.59 Å². The average Bonchev–Trinajstić information content (AvgIpc) is 2.86. The van der Waals surface area contributed by atoms with Crippen LogP contribution in [0.4, 0.5) is 5.82 Å². The van der Waals surface area contributed by atoms with E-state index < -0.39 is 11.8 Å². The van der Waals surface area contributed by atoms with E-state index in [0.717, 1.165) is 0 Å². The fourth-order valence-electron chi connectivity index (χ4n) is 2.11. The Labute approximate surface area is 144 Å². The minimum Gasteiger partial charge on any atom is -0.346 e. The molecule has 2 aromatic rings. The second kappa shape index (κ2) is 7.29. The van der Waals surface area contributed by atoms with Gasteiger partial charge in [-0.2, -0.15) is 9.78 Å². The molecule has 0 aliphatic heterocycles. The normalized spacial score (nSPS) is 11.0. The molecule has 0 spiro atoms. The summed E-state index contributed by atoms with van der Waals surface area (Å²) in [5.74, 6) is -1.11. The zero-order valence-electron chi connectivity index (χ0n) is 14.9. The molecule has 9 nitrogen and oxygen atoms in total. The van der Waals surface area contributed by atoms with Gasteiger partial charge >= 0.3 is 11.8 Å². The second-order valence-corrected chi connectivity index (χ2v) is 6.31. The molecule has 0 unspecified atom stereocenters. The van der Waals surface area contributed by atoms with Crippen LogP contribution in [0.2, 0.25) is 0 Å². The molecule has 0 saturated heterocycles. The molecule has 2 amide bonds. The van der Waals surface area contributed by atoms with E-state index in [-0.39, 0.29) is 29.3 Å². The summed E-state index contributed by atoms with van der Waals surface area (Å²) in [7, 11) is 0. The fourth-order valence-corrected chi connectivity index (χ4v) is 2.11. The highest BCUT2D eigenvalue weighted by atomic mass is 16.2. The smallest absolute Gasteiger partial charge is 0.314 e. The number of rotatable bonds is 4. The Kier molecular flexibility index (Phi) is 5.35. The predicted octanol–water partition coefficient (Wildman–Crippen LogP) is 0.851. The van der Waals surface area contributed by atoms with Crippen LogP contribution in [0, 0.1) is 6.92 Å². The molecule has 25 heavy (non-hydrogen) atoms. The standard InChI is InChI=1S/C16H22N6O3/c1-8(2)11-7-13(23)20-16(18-11)22-12(6-10(5)21-22)19-15(25)14(24)17-9(3)4/h6-9H,1-5H3,(H,17,24)(H,19,25)(H,18,20,23). The number of carbonyl (C=O) groups is 2. The molecule has 2 rings (SSSR count). The lowest BCUT2D eigenvalue weighted by molar-refractivity contribution is -0.136. The molecule has 9 heteroatoms. The summed E-state index contributed by atoms with van der Waals surface area (Å²) in [6, 6.07) is 2.84. The Balaban J connectivity index is 2.37. The predicted molar refractivity (Wildman–Crippen MR) is 92.7 cm³/mol. The molecule has 0 atom stereocenters. The summed E-state index contributed by atoms with van der Waals surface area (Å²) in [6.45, 7) is 9.07. The summed E-state index contributed by atoms with van der Waals surface area (Å²) in [5, 5.41) is 9.23. The topological polar surface area (TPSA) is 122 Å².